The van der Waals surface area contributed by atoms with Crippen molar-refractivity contribution < 1.29 is 9.53 Å². The molecule has 8 heteroatoms. The molecular formula is C20H22N6O2. The number of pyridine rings is 2. The van der Waals surface area contributed by atoms with Crippen LogP contribution < -0.4 is 10.2 Å². The van der Waals surface area contributed by atoms with E-state index in [4.69, 9.17) is 4.74 Å². The summed E-state index contributed by atoms with van der Waals surface area (Å²) in [5.74, 6) is 0.909. The highest BCUT2D eigenvalue weighted by Gasteiger charge is 2.26. The van der Waals surface area contributed by atoms with Gasteiger partial charge >= 0.3 is 6.09 Å². The predicted molar refractivity (Wildman–Crippen MR) is 105 cm³/mol. The second-order valence-electron chi connectivity index (χ2n) is 6.73. The van der Waals surface area contributed by atoms with Crippen molar-refractivity contribution in [2.45, 2.75) is 19.1 Å². The first-order valence-corrected chi connectivity index (χ1v) is 9.22. The van der Waals surface area contributed by atoms with Crippen molar-refractivity contribution >= 4 is 11.9 Å². The number of anilines is 1. The van der Waals surface area contributed by atoms with Crippen LogP contribution in [0.1, 0.15) is 12.0 Å². The maximum absolute atomic E-state index is 12.2. The Kier molecular flexibility index (Phi) is 5.18. The van der Waals surface area contributed by atoms with Gasteiger partial charge in [-0.25, -0.2) is 9.78 Å². The fourth-order valence-electron chi connectivity index (χ4n) is 3.32. The van der Waals surface area contributed by atoms with Gasteiger partial charge in [-0.15, -0.1) is 0 Å². The van der Waals surface area contributed by atoms with E-state index >= 15 is 0 Å². The summed E-state index contributed by atoms with van der Waals surface area (Å²) in [6.07, 6.45) is 7.26. The molecule has 144 valence electrons. The lowest BCUT2D eigenvalue weighted by Gasteiger charge is -2.17. The van der Waals surface area contributed by atoms with Crippen LogP contribution in [0.5, 0.6) is 0 Å². The maximum Gasteiger partial charge on any atom is 0.407 e. The Morgan fingerprint density at radius 3 is 3.00 bits per heavy atom. The Balaban J connectivity index is 1.29. The molecule has 0 spiro atoms. The fraction of sp³-hybridized carbons (Fsp3) is 0.300. The standard InChI is InChI=1S/C20H22N6O2/c1-25-18(5-8-24-25)16-10-15(11-21-13-16)12-23-20(27)28-17-6-9-26(14-17)19-4-2-3-7-22-19/h2-5,7-8,10-11,13,17H,6,9,12,14H2,1H3,(H,23,27). The minimum absolute atomic E-state index is 0.138. The molecule has 4 rings (SSSR count). The third-order valence-corrected chi connectivity index (χ3v) is 4.74. The van der Waals surface area contributed by atoms with Gasteiger partial charge in [-0.05, 0) is 29.8 Å². The van der Waals surface area contributed by atoms with Gasteiger partial charge in [0.25, 0.3) is 0 Å². The largest absolute Gasteiger partial charge is 0.444 e. The molecular weight excluding hydrogens is 356 g/mol. The third-order valence-electron chi connectivity index (χ3n) is 4.74. The van der Waals surface area contributed by atoms with Gasteiger partial charge in [0.15, 0.2) is 0 Å². The van der Waals surface area contributed by atoms with Gasteiger partial charge in [-0.2, -0.15) is 5.10 Å². The summed E-state index contributed by atoms with van der Waals surface area (Å²) in [4.78, 5) is 22.9. The molecule has 8 nitrogen and oxygen atoms in total. The molecule has 1 aliphatic rings. The molecule has 0 saturated carbocycles. The van der Waals surface area contributed by atoms with Crippen molar-refractivity contribution in [3.05, 3.63) is 60.7 Å². The number of carbonyl (C=O) groups is 1. The molecule has 4 heterocycles. The number of nitrogens with one attached hydrogen (secondary N) is 1. The quantitative estimate of drug-likeness (QED) is 0.734. The van der Waals surface area contributed by atoms with E-state index in [9.17, 15) is 4.79 Å². The van der Waals surface area contributed by atoms with Crippen molar-refractivity contribution in [3.63, 3.8) is 0 Å². The van der Waals surface area contributed by atoms with Crippen LogP contribution in [0.3, 0.4) is 0 Å². The van der Waals surface area contributed by atoms with Gasteiger partial charge in [0.05, 0.1) is 12.2 Å². The number of ether oxygens (including phenoxy) is 1. The molecule has 1 unspecified atom stereocenters. The molecule has 1 aliphatic heterocycles. The minimum Gasteiger partial charge on any atom is -0.444 e. The number of hydrogen-bond acceptors (Lipinski definition) is 6. The van der Waals surface area contributed by atoms with Crippen molar-refractivity contribution in [1.29, 1.82) is 0 Å². The molecule has 0 aliphatic carbocycles. The van der Waals surface area contributed by atoms with E-state index in [0.29, 0.717) is 13.1 Å². The van der Waals surface area contributed by atoms with Crippen LogP contribution in [0.2, 0.25) is 0 Å². The topological polar surface area (TPSA) is 85.2 Å². The minimum atomic E-state index is -0.418. The zero-order chi connectivity index (χ0) is 19.3. The highest BCUT2D eigenvalue weighted by atomic mass is 16.6. The molecule has 28 heavy (non-hydrogen) atoms. The maximum atomic E-state index is 12.2. The van der Waals surface area contributed by atoms with Gasteiger partial charge in [-0.1, -0.05) is 6.07 Å². The molecule has 1 N–H and O–H groups in total. The van der Waals surface area contributed by atoms with E-state index in [1.54, 1.807) is 29.5 Å². The predicted octanol–water partition coefficient (Wildman–Crippen LogP) is 2.38. The summed E-state index contributed by atoms with van der Waals surface area (Å²) in [7, 11) is 1.88. The van der Waals surface area contributed by atoms with Crippen molar-refractivity contribution in [1.82, 2.24) is 25.1 Å². The SMILES string of the molecule is Cn1nccc1-c1cncc(CNC(=O)OC2CCN(c3ccccn3)C2)c1. The zero-order valence-electron chi connectivity index (χ0n) is 15.7. The Bertz CT molecular complexity index is 943. The smallest absolute Gasteiger partial charge is 0.407 e. The first-order valence-electron chi connectivity index (χ1n) is 9.22. The monoisotopic (exact) mass is 378 g/mol. The molecule has 1 saturated heterocycles. The van der Waals surface area contributed by atoms with E-state index < -0.39 is 6.09 Å². The first kappa shape index (κ1) is 18.0. The molecule has 0 bridgehead atoms. The third kappa shape index (κ3) is 4.11. The number of amides is 1. The number of hydrogen-bond donors (Lipinski definition) is 1. The van der Waals surface area contributed by atoms with Gasteiger partial charge in [0, 0.05) is 56.9 Å². The fourth-order valence-corrected chi connectivity index (χ4v) is 3.32. The Hall–Kier alpha value is -3.42. The lowest BCUT2D eigenvalue weighted by molar-refractivity contribution is 0.108. The summed E-state index contributed by atoms with van der Waals surface area (Å²) in [6, 6.07) is 9.72. The Morgan fingerprint density at radius 2 is 2.21 bits per heavy atom. The molecule has 1 fully saturated rings. The van der Waals surface area contributed by atoms with Crippen LogP contribution in [0.4, 0.5) is 10.6 Å². The number of aromatic nitrogens is 4. The second kappa shape index (κ2) is 8.08. The number of carbonyl (C=O) groups excluding carboxylic acids is 1. The van der Waals surface area contributed by atoms with E-state index in [1.807, 2.05) is 37.4 Å². The van der Waals surface area contributed by atoms with Gasteiger partial charge < -0.3 is 15.0 Å². The van der Waals surface area contributed by atoms with Crippen molar-refractivity contribution in [2.24, 2.45) is 7.05 Å². The average Bonchev–Trinajstić information content (AvgIpc) is 3.36. The van der Waals surface area contributed by atoms with Crippen LogP contribution in [0.15, 0.2) is 55.1 Å². The molecule has 3 aromatic heterocycles. The Morgan fingerprint density at radius 1 is 1.29 bits per heavy atom. The Labute approximate surface area is 163 Å². The van der Waals surface area contributed by atoms with Crippen LogP contribution in [0.25, 0.3) is 11.3 Å². The lowest BCUT2D eigenvalue weighted by Crippen LogP contribution is -2.30. The molecule has 3 aromatic rings. The van der Waals surface area contributed by atoms with Gasteiger partial charge in [-0.3, -0.25) is 9.67 Å². The number of aryl methyl sites for hydroxylation is 1. The summed E-state index contributed by atoms with van der Waals surface area (Å²) in [5.41, 5.74) is 2.82. The van der Waals surface area contributed by atoms with Crippen molar-refractivity contribution in [2.75, 3.05) is 18.0 Å². The molecule has 1 atom stereocenters. The van der Waals surface area contributed by atoms with Crippen LogP contribution in [-0.2, 0) is 18.3 Å². The van der Waals surface area contributed by atoms with Crippen LogP contribution in [0, 0.1) is 0 Å². The van der Waals surface area contributed by atoms with Gasteiger partial charge in [0.1, 0.15) is 11.9 Å². The van der Waals surface area contributed by atoms with Crippen LogP contribution in [-0.4, -0.2) is 45.0 Å². The molecule has 0 aromatic carbocycles. The zero-order valence-corrected chi connectivity index (χ0v) is 15.7. The first-order chi connectivity index (χ1) is 13.7. The second-order valence-corrected chi connectivity index (χ2v) is 6.73. The molecule has 1 amide bonds. The van der Waals surface area contributed by atoms with E-state index in [-0.39, 0.29) is 6.10 Å². The summed E-state index contributed by atoms with van der Waals surface area (Å²) >= 11 is 0. The van der Waals surface area contributed by atoms with E-state index in [0.717, 1.165) is 35.6 Å². The molecule has 0 radical (unpaired) electrons. The summed E-state index contributed by atoms with van der Waals surface area (Å²) in [5, 5.41) is 6.98. The number of rotatable bonds is 5. The van der Waals surface area contributed by atoms with Crippen molar-refractivity contribution in [3.8, 4) is 11.3 Å². The van der Waals surface area contributed by atoms with E-state index in [2.05, 4.69) is 25.3 Å². The average molecular weight is 378 g/mol. The summed E-state index contributed by atoms with van der Waals surface area (Å²) < 4.78 is 7.34. The normalized spacial score (nSPS) is 16.2. The highest BCUT2D eigenvalue weighted by molar-refractivity contribution is 5.67. The summed E-state index contributed by atoms with van der Waals surface area (Å²) in [6.45, 7) is 1.84. The highest BCUT2D eigenvalue weighted by Crippen LogP contribution is 2.20. The number of nitrogens with zero attached hydrogens (tertiary/aromatic N) is 5. The number of alkyl carbamates (subject to hydrolysis) is 1. The lowest BCUT2D eigenvalue weighted by atomic mass is 10.1. The van der Waals surface area contributed by atoms with Crippen LogP contribution >= 0.6 is 0 Å². The van der Waals surface area contributed by atoms with Gasteiger partial charge in [0.2, 0.25) is 0 Å². The van der Waals surface area contributed by atoms with E-state index in [1.165, 1.54) is 0 Å².